The van der Waals surface area contributed by atoms with Crippen LogP contribution in [-0.4, -0.2) is 0 Å². The average molecular weight is 332 g/mol. The van der Waals surface area contributed by atoms with Gasteiger partial charge in [-0.2, -0.15) is 0 Å². The molecule has 0 saturated heterocycles. The summed E-state index contributed by atoms with van der Waals surface area (Å²) in [7, 11) is 0. The van der Waals surface area contributed by atoms with Crippen LogP contribution in [0.1, 0.15) is 0 Å². The summed E-state index contributed by atoms with van der Waals surface area (Å²) in [6.45, 7) is 0. The molecule has 0 aliphatic carbocycles. The van der Waals surface area contributed by atoms with Gasteiger partial charge >= 0.3 is 0 Å². The molecule has 0 saturated carbocycles. The second-order valence-corrected chi connectivity index (χ2v) is 0. The minimum atomic E-state index is 0. The molecule has 0 atom stereocenters. The van der Waals surface area contributed by atoms with Crippen molar-refractivity contribution in [1.29, 1.82) is 0 Å². The van der Waals surface area contributed by atoms with Crippen molar-refractivity contribution in [3.8, 4) is 0 Å². The third-order valence-corrected chi connectivity index (χ3v) is 0. The van der Waals surface area contributed by atoms with Crippen LogP contribution in [0, 0.1) is 29.9 Å². The van der Waals surface area contributed by atoms with E-state index in [0.29, 0.717) is 0 Å². The van der Waals surface area contributed by atoms with Gasteiger partial charge in [0.2, 0.25) is 0 Å². The van der Waals surface area contributed by atoms with E-state index in [4.69, 9.17) is 0 Å². The Morgan fingerprint density at radius 1 is 0.333 bits per heavy atom. The molecular formula is F5Np-5. The van der Waals surface area contributed by atoms with Crippen molar-refractivity contribution >= 4 is 0 Å². The summed E-state index contributed by atoms with van der Waals surface area (Å²) < 4.78 is 0. The van der Waals surface area contributed by atoms with E-state index in [1.54, 1.807) is 0 Å². The Labute approximate surface area is 53.8 Å². The van der Waals surface area contributed by atoms with Crippen molar-refractivity contribution in [2.24, 2.45) is 0 Å². The molecule has 0 aliphatic rings. The Kier molecular flexibility index (Phi) is 22700. The summed E-state index contributed by atoms with van der Waals surface area (Å²) in [5, 5.41) is 0. The zero-order valence-corrected chi connectivity index (χ0v) is 6.06. The molecule has 0 heterocycles. The van der Waals surface area contributed by atoms with Gasteiger partial charge in [-0.15, -0.1) is 0 Å². The second kappa shape index (κ2) is 280. The van der Waals surface area contributed by atoms with Gasteiger partial charge in [0, 0.05) is 29.9 Å². The van der Waals surface area contributed by atoms with Crippen molar-refractivity contribution in [3.05, 3.63) is 0 Å². The van der Waals surface area contributed by atoms with Gasteiger partial charge in [0.05, 0.1) is 0 Å². The maximum Gasteiger partial charge on any atom is 0 e. The standard InChI is InChI=1S/5FH.Np/h5*1H;/p-5. The maximum absolute atomic E-state index is 0. The van der Waals surface area contributed by atoms with Crippen molar-refractivity contribution in [3.63, 3.8) is 0 Å². The van der Waals surface area contributed by atoms with Crippen LogP contribution in [0.3, 0.4) is 0 Å². The Morgan fingerprint density at radius 3 is 0.333 bits per heavy atom. The van der Waals surface area contributed by atoms with Gasteiger partial charge in [-0.3, -0.25) is 0 Å². The molecule has 6 heteroatoms. The predicted molar refractivity (Wildman–Crippen MR) is 0 cm³/mol. The second-order valence-electron chi connectivity index (χ2n) is 0. The molecule has 0 fully saturated rings. The van der Waals surface area contributed by atoms with Crippen molar-refractivity contribution in [2.45, 2.75) is 0 Å². The number of rotatable bonds is 0. The van der Waals surface area contributed by atoms with Crippen LogP contribution >= 0.6 is 0 Å². The van der Waals surface area contributed by atoms with Crippen LogP contribution in [0.25, 0.3) is 0 Å². The first kappa shape index (κ1) is 486. The van der Waals surface area contributed by atoms with Gasteiger partial charge in [-0.05, 0) is 0 Å². The van der Waals surface area contributed by atoms with E-state index in [-0.39, 0.29) is 53.5 Å². The third-order valence-electron chi connectivity index (χ3n) is 0. The molecule has 0 aromatic heterocycles. The minimum absolute atomic E-state index is 0. The van der Waals surface area contributed by atoms with Crippen molar-refractivity contribution in [2.75, 3.05) is 0 Å². The van der Waals surface area contributed by atoms with E-state index in [9.17, 15) is 0 Å². The molecule has 0 nitrogen and oxygen atoms in total. The normalized spacial score (nSPS) is 0. The average Bonchev–Trinajstić information content (AvgIpc) is 0. The monoisotopic (exact) mass is 331 g/mol. The van der Waals surface area contributed by atoms with E-state index in [1.807, 2.05) is 0 Å². The quantitative estimate of drug-likeness (QED) is 0.387. The van der Waals surface area contributed by atoms with E-state index in [1.165, 1.54) is 0 Å². The third kappa shape index (κ3) is 142. The van der Waals surface area contributed by atoms with Crippen LogP contribution in [-0.2, 0) is 0 Å². The summed E-state index contributed by atoms with van der Waals surface area (Å²) in [4.78, 5) is 0. The Bertz CT molecular complexity index is 3.90. The van der Waals surface area contributed by atoms with Gasteiger partial charge in [0.1, 0.15) is 0 Å². The van der Waals surface area contributed by atoms with Crippen LogP contribution in [0.15, 0.2) is 0 Å². The predicted octanol–water partition coefficient (Wildman–Crippen LogP) is -15.0. The summed E-state index contributed by atoms with van der Waals surface area (Å²) >= 11 is 0. The van der Waals surface area contributed by atoms with Crippen LogP contribution in [0.4, 0.5) is 0 Å². The molecule has 0 aromatic rings. The molecule has 0 rings (SSSR count). The fourth-order valence-corrected chi connectivity index (χ4v) is 0. The molecule has 0 aromatic carbocycles. The van der Waals surface area contributed by atoms with E-state index in [2.05, 4.69) is 0 Å². The van der Waals surface area contributed by atoms with E-state index >= 15 is 0 Å². The van der Waals surface area contributed by atoms with Crippen LogP contribution < -0.4 is 23.5 Å². The molecule has 0 N–H and O–H groups in total. The first-order valence-electron chi connectivity index (χ1n) is 0. The fourth-order valence-electron chi connectivity index (χ4n) is 0. The first-order chi connectivity index (χ1) is 0. The Balaban J connectivity index is 0. The minimum Gasteiger partial charge on any atom is -1.00 e. The Hall–Kier alpha value is 0.663. The summed E-state index contributed by atoms with van der Waals surface area (Å²) in [5.74, 6) is 0. The molecule has 45 valence electrons. The van der Waals surface area contributed by atoms with Crippen molar-refractivity contribution in [1.82, 2.24) is 0 Å². The Morgan fingerprint density at radius 2 is 0.333 bits per heavy atom. The number of hydrogen-bond acceptors (Lipinski definition) is 0. The molecule has 0 spiro atoms. The molecule has 0 amide bonds. The van der Waals surface area contributed by atoms with E-state index in [0.717, 1.165) is 0 Å². The topological polar surface area (TPSA) is 0 Å². The van der Waals surface area contributed by atoms with Gasteiger partial charge in [-0.25, -0.2) is 0 Å². The van der Waals surface area contributed by atoms with Crippen molar-refractivity contribution < 1.29 is 53.5 Å². The molecule has 1 radical (unpaired) electrons. The fraction of sp³-hybridized carbons (Fsp3) is 0. The first-order valence-corrected chi connectivity index (χ1v) is 0. The number of halogens is 5. The summed E-state index contributed by atoms with van der Waals surface area (Å²) in [5.41, 5.74) is 0. The molecular weight excluding hydrogens is 332 g/mol. The summed E-state index contributed by atoms with van der Waals surface area (Å²) in [6.07, 6.45) is 0. The SMILES string of the molecule is [F-].[F-].[F-].[F-].[F-].[Np]. The van der Waals surface area contributed by atoms with Crippen LogP contribution in [0.2, 0.25) is 0 Å². The zero-order chi connectivity index (χ0) is 0. The smallest absolute Gasteiger partial charge is 0 e. The molecule has 0 unspecified atom stereocenters. The summed E-state index contributed by atoms with van der Waals surface area (Å²) in [6, 6.07) is 0. The zero-order valence-electron chi connectivity index (χ0n) is 2.34. The molecule has 0 aliphatic heterocycles. The van der Waals surface area contributed by atoms with Gasteiger partial charge in [-0.1, -0.05) is 0 Å². The molecule has 6 heavy (non-hydrogen) atoms. The van der Waals surface area contributed by atoms with Crippen LogP contribution in [0.5, 0.6) is 0 Å². The molecule has 0 bridgehead atoms. The van der Waals surface area contributed by atoms with Gasteiger partial charge < -0.3 is 23.5 Å². The van der Waals surface area contributed by atoms with Gasteiger partial charge in [0.15, 0.2) is 0 Å². The van der Waals surface area contributed by atoms with Gasteiger partial charge in [0.25, 0.3) is 0 Å². The maximum atomic E-state index is 0. The number of hydrogen-bond donors (Lipinski definition) is 0. The largest absolute Gasteiger partial charge is 1.00 e. The van der Waals surface area contributed by atoms with E-state index < -0.39 is 0 Å².